The fourth-order valence-electron chi connectivity index (χ4n) is 2.33. The number of aryl methyl sites for hydroxylation is 1. The molecule has 0 radical (unpaired) electrons. The van der Waals surface area contributed by atoms with Crippen LogP contribution in [-0.2, 0) is 4.74 Å². The van der Waals surface area contributed by atoms with E-state index in [4.69, 9.17) is 4.74 Å². The van der Waals surface area contributed by atoms with Crippen LogP contribution in [0.4, 0.5) is 5.82 Å². The highest BCUT2D eigenvalue weighted by Gasteiger charge is 2.11. The predicted molar refractivity (Wildman–Crippen MR) is 84.8 cm³/mol. The number of rotatable bonds is 6. The molecule has 0 bridgehead atoms. The van der Waals surface area contributed by atoms with E-state index in [9.17, 15) is 0 Å². The van der Waals surface area contributed by atoms with Crippen LogP contribution >= 0.6 is 0 Å². The molecular formula is C16H19N5O. The van der Waals surface area contributed by atoms with Gasteiger partial charge in [0.25, 0.3) is 0 Å². The third-order valence-corrected chi connectivity index (χ3v) is 3.43. The van der Waals surface area contributed by atoms with Crippen molar-refractivity contribution >= 4 is 11.5 Å². The maximum absolute atomic E-state index is 5.82. The maximum atomic E-state index is 5.82. The average molecular weight is 297 g/mol. The number of hydrogen-bond acceptors (Lipinski definition) is 5. The Balaban J connectivity index is 1.74. The van der Waals surface area contributed by atoms with Crippen molar-refractivity contribution < 1.29 is 4.74 Å². The predicted octanol–water partition coefficient (Wildman–Crippen LogP) is 2.62. The lowest BCUT2D eigenvalue weighted by molar-refractivity contribution is 0.0718. The highest BCUT2D eigenvalue weighted by atomic mass is 16.5. The second-order valence-electron chi connectivity index (χ2n) is 4.97. The van der Waals surface area contributed by atoms with Crippen molar-refractivity contribution in [3.8, 4) is 0 Å². The van der Waals surface area contributed by atoms with Gasteiger partial charge in [0.15, 0.2) is 11.5 Å². The second-order valence-corrected chi connectivity index (χ2v) is 4.97. The SMILES string of the molecule is CCOC(CNc1ccc2nnc(C)n2n1)c1ccccc1. The van der Waals surface area contributed by atoms with Gasteiger partial charge in [0.2, 0.25) is 0 Å². The van der Waals surface area contributed by atoms with E-state index in [-0.39, 0.29) is 6.10 Å². The molecule has 0 amide bonds. The van der Waals surface area contributed by atoms with Crippen LogP contribution in [0, 0.1) is 6.92 Å². The van der Waals surface area contributed by atoms with Gasteiger partial charge in [-0.3, -0.25) is 0 Å². The highest BCUT2D eigenvalue weighted by molar-refractivity contribution is 5.44. The Morgan fingerprint density at radius 3 is 2.73 bits per heavy atom. The summed E-state index contributed by atoms with van der Waals surface area (Å²) in [6.07, 6.45) is -0.00861. The van der Waals surface area contributed by atoms with Crippen LogP contribution < -0.4 is 5.32 Å². The molecule has 0 aliphatic carbocycles. The van der Waals surface area contributed by atoms with Crippen molar-refractivity contribution in [2.24, 2.45) is 0 Å². The zero-order chi connectivity index (χ0) is 15.4. The van der Waals surface area contributed by atoms with Gasteiger partial charge in [-0.2, -0.15) is 4.52 Å². The summed E-state index contributed by atoms with van der Waals surface area (Å²) in [7, 11) is 0. The molecule has 6 nitrogen and oxygen atoms in total. The molecule has 0 aliphatic heterocycles. The molecule has 6 heteroatoms. The summed E-state index contributed by atoms with van der Waals surface area (Å²) in [6, 6.07) is 14.0. The van der Waals surface area contributed by atoms with E-state index in [1.165, 1.54) is 0 Å². The van der Waals surface area contributed by atoms with Crippen molar-refractivity contribution in [3.05, 3.63) is 53.9 Å². The van der Waals surface area contributed by atoms with Crippen LogP contribution in [0.2, 0.25) is 0 Å². The van der Waals surface area contributed by atoms with Crippen LogP contribution in [0.15, 0.2) is 42.5 Å². The van der Waals surface area contributed by atoms with Gasteiger partial charge in [0, 0.05) is 13.2 Å². The summed E-state index contributed by atoms with van der Waals surface area (Å²) in [4.78, 5) is 0. The van der Waals surface area contributed by atoms with E-state index in [0.29, 0.717) is 13.2 Å². The fraction of sp³-hybridized carbons (Fsp3) is 0.312. The van der Waals surface area contributed by atoms with Crippen LogP contribution in [-0.4, -0.2) is 33.0 Å². The van der Waals surface area contributed by atoms with Crippen molar-refractivity contribution in [3.63, 3.8) is 0 Å². The van der Waals surface area contributed by atoms with Crippen molar-refractivity contribution in [2.75, 3.05) is 18.5 Å². The highest BCUT2D eigenvalue weighted by Crippen LogP contribution is 2.18. The van der Waals surface area contributed by atoms with Crippen molar-refractivity contribution in [1.82, 2.24) is 19.8 Å². The standard InChI is InChI=1S/C16H19N5O/c1-3-22-14(13-7-5-4-6-8-13)11-17-15-9-10-16-19-18-12(2)21(16)20-15/h4-10,14H,3,11H2,1-2H3,(H,17,20). The maximum Gasteiger partial charge on any atom is 0.178 e. The first kappa shape index (κ1) is 14.5. The van der Waals surface area contributed by atoms with Crippen molar-refractivity contribution in [2.45, 2.75) is 20.0 Å². The molecule has 0 aliphatic rings. The second kappa shape index (κ2) is 6.53. The van der Waals surface area contributed by atoms with E-state index in [0.717, 1.165) is 22.9 Å². The summed E-state index contributed by atoms with van der Waals surface area (Å²) in [5, 5.41) is 15.8. The normalized spacial score (nSPS) is 12.5. The molecule has 1 unspecified atom stereocenters. The summed E-state index contributed by atoms with van der Waals surface area (Å²) >= 11 is 0. The molecule has 1 aromatic carbocycles. The molecule has 0 saturated carbocycles. The number of aromatic nitrogens is 4. The Kier molecular flexibility index (Phi) is 4.29. The van der Waals surface area contributed by atoms with E-state index in [2.05, 4.69) is 32.7 Å². The quantitative estimate of drug-likeness (QED) is 0.757. The van der Waals surface area contributed by atoms with Crippen molar-refractivity contribution in [1.29, 1.82) is 0 Å². The number of ether oxygens (including phenoxy) is 1. The topological polar surface area (TPSA) is 64.3 Å². The molecule has 0 saturated heterocycles. The third-order valence-electron chi connectivity index (χ3n) is 3.43. The van der Waals surface area contributed by atoms with Gasteiger partial charge in [-0.05, 0) is 31.5 Å². The van der Waals surface area contributed by atoms with E-state index < -0.39 is 0 Å². The number of anilines is 1. The minimum atomic E-state index is -0.00861. The first-order chi connectivity index (χ1) is 10.8. The zero-order valence-electron chi connectivity index (χ0n) is 12.7. The largest absolute Gasteiger partial charge is 0.372 e. The van der Waals surface area contributed by atoms with Gasteiger partial charge in [-0.25, -0.2) is 0 Å². The Bertz CT molecular complexity index is 741. The van der Waals surface area contributed by atoms with Gasteiger partial charge in [-0.15, -0.1) is 15.3 Å². The molecule has 1 N–H and O–H groups in total. The van der Waals surface area contributed by atoms with Gasteiger partial charge in [-0.1, -0.05) is 30.3 Å². The van der Waals surface area contributed by atoms with Gasteiger partial charge in [0.1, 0.15) is 5.82 Å². The third kappa shape index (κ3) is 3.07. The monoisotopic (exact) mass is 297 g/mol. The number of hydrogen-bond donors (Lipinski definition) is 1. The lowest BCUT2D eigenvalue weighted by atomic mass is 10.1. The smallest absolute Gasteiger partial charge is 0.178 e. The molecule has 2 aromatic heterocycles. The lowest BCUT2D eigenvalue weighted by Crippen LogP contribution is -2.17. The Hall–Kier alpha value is -2.47. The number of nitrogens with one attached hydrogen (secondary N) is 1. The van der Waals surface area contributed by atoms with E-state index in [1.54, 1.807) is 4.52 Å². The molecule has 3 aromatic rings. The van der Waals surface area contributed by atoms with E-state index in [1.807, 2.05) is 44.2 Å². The van der Waals surface area contributed by atoms with E-state index >= 15 is 0 Å². The molecule has 0 spiro atoms. The number of fused-ring (bicyclic) bond motifs is 1. The van der Waals surface area contributed by atoms with Gasteiger partial charge >= 0.3 is 0 Å². The average Bonchev–Trinajstić information content (AvgIpc) is 2.93. The molecule has 22 heavy (non-hydrogen) atoms. The molecule has 3 rings (SSSR count). The van der Waals surface area contributed by atoms with Crippen LogP contribution in [0.25, 0.3) is 5.65 Å². The Labute approximate surface area is 129 Å². The Morgan fingerprint density at radius 1 is 1.14 bits per heavy atom. The first-order valence-electron chi connectivity index (χ1n) is 7.37. The minimum absolute atomic E-state index is 0.00861. The first-order valence-corrected chi connectivity index (χ1v) is 7.37. The molecular weight excluding hydrogens is 278 g/mol. The van der Waals surface area contributed by atoms with Crippen LogP contribution in [0.1, 0.15) is 24.4 Å². The molecule has 0 fully saturated rings. The van der Waals surface area contributed by atoms with Gasteiger partial charge < -0.3 is 10.1 Å². The van der Waals surface area contributed by atoms with Crippen LogP contribution in [0.5, 0.6) is 0 Å². The minimum Gasteiger partial charge on any atom is -0.372 e. The number of benzene rings is 1. The lowest BCUT2D eigenvalue weighted by Gasteiger charge is -2.18. The summed E-state index contributed by atoms with van der Waals surface area (Å²) in [5.74, 6) is 1.54. The zero-order valence-corrected chi connectivity index (χ0v) is 12.7. The van der Waals surface area contributed by atoms with Gasteiger partial charge in [0.05, 0.1) is 6.10 Å². The summed E-state index contributed by atoms with van der Waals surface area (Å²) in [5.41, 5.74) is 1.89. The molecule has 1 atom stereocenters. The number of nitrogens with zero attached hydrogens (tertiary/aromatic N) is 4. The Morgan fingerprint density at radius 2 is 1.95 bits per heavy atom. The van der Waals surface area contributed by atoms with Crippen LogP contribution in [0.3, 0.4) is 0 Å². The molecule has 2 heterocycles. The molecule has 114 valence electrons. The summed E-state index contributed by atoms with van der Waals surface area (Å²) in [6.45, 7) is 5.19. The summed E-state index contributed by atoms with van der Waals surface area (Å²) < 4.78 is 7.55. The fourth-order valence-corrected chi connectivity index (χ4v) is 2.33.